The van der Waals surface area contributed by atoms with Gasteiger partial charge in [-0.2, -0.15) is 4.40 Å². The van der Waals surface area contributed by atoms with Crippen LogP contribution < -0.4 is 0 Å². The molecule has 1 aliphatic rings. The second-order valence-corrected chi connectivity index (χ2v) is 7.94. The molecule has 1 fully saturated rings. The Bertz CT molecular complexity index is 260. The molecule has 0 spiro atoms. The smallest absolute Gasteiger partial charge is 0.144 e. The third-order valence-electron chi connectivity index (χ3n) is 3.27. The zero-order valence-corrected chi connectivity index (χ0v) is 11.8. The molecule has 1 aliphatic carbocycles. The van der Waals surface area contributed by atoms with Crippen LogP contribution in [0.5, 0.6) is 0 Å². The van der Waals surface area contributed by atoms with Crippen LogP contribution in [0.1, 0.15) is 59.8 Å². The van der Waals surface area contributed by atoms with Crippen LogP contribution in [0.4, 0.5) is 0 Å². The molecule has 94 valence electrons. The average Bonchev–Trinajstić information content (AvgIpc) is 2.19. The largest absolute Gasteiger partial charge is 0.234 e. The fraction of sp³-hybridized carbons (Fsp3) is 0.923. The summed E-state index contributed by atoms with van der Waals surface area (Å²) in [6.45, 7) is 8.22. The van der Waals surface area contributed by atoms with Crippen LogP contribution in [-0.2, 0) is 11.0 Å². The minimum Gasteiger partial charge on any atom is -0.234 e. The van der Waals surface area contributed by atoms with Crippen LogP contribution in [0.25, 0.3) is 0 Å². The summed E-state index contributed by atoms with van der Waals surface area (Å²) in [4.78, 5) is 0. The van der Waals surface area contributed by atoms with E-state index >= 15 is 0 Å². The molecule has 0 aromatic rings. The lowest BCUT2D eigenvalue weighted by Gasteiger charge is -2.24. The summed E-state index contributed by atoms with van der Waals surface area (Å²) >= 11 is 0. The summed E-state index contributed by atoms with van der Waals surface area (Å²) in [7, 11) is -1.08. The van der Waals surface area contributed by atoms with Gasteiger partial charge in [0, 0.05) is 6.21 Å². The minimum absolute atomic E-state index is 0.225. The van der Waals surface area contributed by atoms with Crippen molar-refractivity contribution in [2.45, 2.75) is 64.5 Å². The fourth-order valence-electron chi connectivity index (χ4n) is 1.98. The van der Waals surface area contributed by atoms with E-state index in [-0.39, 0.29) is 4.75 Å². The first-order valence-electron chi connectivity index (χ1n) is 6.34. The van der Waals surface area contributed by atoms with Gasteiger partial charge in [0.2, 0.25) is 0 Å². The predicted molar refractivity (Wildman–Crippen MR) is 72.1 cm³/mol. The van der Waals surface area contributed by atoms with Gasteiger partial charge in [0.05, 0.1) is 4.75 Å². The van der Waals surface area contributed by atoms with Crippen molar-refractivity contribution >= 4 is 17.2 Å². The van der Waals surface area contributed by atoms with Gasteiger partial charge in [-0.1, -0.05) is 19.8 Å². The number of hydrogen-bond donors (Lipinski definition) is 0. The van der Waals surface area contributed by atoms with Gasteiger partial charge in [0.1, 0.15) is 11.0 Å². The maximum Gasteiger partial charge on any atom is 0.144 e. The highest BCUT2D eigenvalue weighted by Gasteiger charge is 2.19. The Labute approximate surface area is 103 Å². The van der Waals surface area contributed by atoms with E-state index in [4.69, 9.17) is 0 Å². The molecule has 0 bridgehead atoms. The molecule has 2 nitrogen and oxygen atoms in total. The molecule has 0 aromatic carbocycles. The van der Waals surface area contributed by atoms with Gasteiger partial charge in [0.25, 0.3) is 0 Å². The normalized spacial score (nSPS) is 29.5. The van der Waals surface area contributed by atoms with Gasteiger partial charge in [0.15, 0.2) is 0 Å². The molecule has 0 radical (unpaired) electrons. The van der Waals surface area contributed by atoms with Crippen molar-refractivity contribution in [2.75, 3.05) is 0 Å². The zero-order chi connectivity index (χ0) is 12.2. The van der Waals surface area contributed by atoms with Crippen molar-refractivity contribution in [1.82, 2.24) is 0 Å². The van der Waals surface area contributed by atoms with Gasteiger partial charge >= 0.3 is 0 Å². The molecule has 0 unspecified atom stereocenters. The highest BCUT2D eigenvalue weighted by molar-refractivity contribution is 7.85. The quantitative estimate of drug-likeness (QED) is 0.694. The second kappa shape index (κ2) is 5.95. The molecule has 0 N–H and O–H groups in total. The molecule has 1 atom stereocenters. The summed E-state index contributed by atoms with van der Waals surface area (Å²) in [6.07, 6.45) is 8.23. The van der Waals surface area contributed by atoms with Gasteiger partial charge in [-0.3, -0.25) is 0 Å². The molecule has 0 aromatic heterocycles. The maximum absolute atomic E-state index is 11.7. The first kappa shape index (κ1) is 13.9. The Morgan fingerprint density at radius 1 is 1.25 bits per heavy atom. The van der Waals surface area contributed by atoms with Crippen molar-refractivity contribution < 1.29 is 4.21 Å². The van der Waals surface area contributed by atoms with E-state index in [0.717, 1.165) is 18.3 Å². The zero-order valence-electron chi connectivity index (χ0n) is 11.0. The monoisotopic (exact) mass is 243 g/mol. The third kappa shape index (κ3) is 4.77. The van der Waals surface area contributed by atoms with Crippen molar-refractivity contribution in [3.8, 4) is 0 Å². The van der Waals surface area contributed by atoms with Crippen molar-refractivity contribution in [3.63, 3.8) is 0 Å². The Balaban J connectivity index is 2.29. The van der Waals surface area contributed by atoms with Gasteiger partial charge in [-0.05, 0) is 51.9 Å². The molecule has 0 aliphatic heterocycles. The molecule has 0 saturated heterocycles. The Hall–Kier alpha value is -0.180. The summed E-state index contributed by atoms with van der Waals surface area (Å²) < 4.78 is 15.6. The Morgan fingerprint density at radius 2 is 1.81 bits per heavy atom. The van der Waals surface area contributed by atoms with Crippen molar-refractivity contribution in [3.05, 3.63) is 0 Å². The first-order valence-corrected chi connectivity index (χ1v) is 7.45. The fourth-order valence-corrected chi connectivity index (χ4v) is 2.52. The summed E-state index contributed by atoms with van der Waals surface area (Å²) in [5, 5.41) is 0. The first-order chi connectivity index (χ1) is 7.39. The van der Waals surface area contributed by atoms with Crippen LogP contribution in [0.2, 0.25) is 0 Å². The summed E-state index contributed by atoms with van der Waals surface area (Å²) in [5.41, 5.74) is 0. The van der Waals surface area contributed by atoms with E-state index in [0.29, 0.717) is 0 Å². The topological polar surface area (TPSA) is 29.4 Å². The van der Waals surface area contributed by atoms with Crippen LogP contribution in [0.3, 0.4) is 0 Å². The van der Waals surface area contributed by atoms with E-state index in [2.05, 4.69) is 11.3 Å². The lowest BCUT2D eigenvalue weighted by molar-refractivity contribution is 0.297. The molecule has 3 heteroatoms. The van der Waals surface area contributed by atoms with Gasteiger partial charge in [-0.15, -0.1) is 0 Å². The standard InChI is InChI=1S/C13H25NOS/c1-11-5-7-12(8-6-11)9-10-14-16(15)13(2,3)4/h10-12H,5-9H2,1-4H3/t11?,12?,16-/m1/s1. The van der Waals surface area contributed by atoms with Crippen molar-refractivity contribution in [2.24, 2.45) is 16.2 Å². The van der Waals surface area contributed by atoms with Gasteiger partial charge in [-0.25, -0.2) is 4.21 Å². The van der Waals surface area contributed by atoms with Crippen LogP contribution >= 0.6 is 0 Å². The molecule has 0 heterocycles. The number of nitrogens with zero attached hydrogens (tertiary/aromatic N) is 1. The van der Waals surface area contributed by atoms with E-state index in [1.165, 1.54) is 25.7 Å². The van der Waals surface area contributed by atoms with Crippen LogP contribution in [0.15, 0.2) is 4.40 Å². The minimum atomic E-state index is -1.08. The summed E-state index contributed by atoms with van der Waals surface area (Å²) in [5.74, 6) is 1.67. The summed E-state index contributed by atoms with van der Waals surface area (Å²) in [6, 6.07) is 0. The molecular weight excluding hydrogens is 218 g/mol. The molecule has 1 saturated carbocycles. The SMILES string of the molecule is CC1CCC(CC=N[S@](=O)C(C)(C)C)CC1. The molecule has 1 rings (SSSR count). The average molecular weight is 243 g/mol. The van der Waals surface area contributed by atoms with E-state index in [9.17, 15) is 4.21 Å². The lowest BCUT2D eigenvalue weighted by atomic mass is 9.82. The molecule has 0 amide bonds. The predicted octanol–water partition coefficient (Wildman–Crippen LogP) is 3.74. The second-order valence-electron chi connectivity index (χ2n) is 6.01. The Morgan fingerprint density at radius 3 is 2.31 bits per heavy atom. The highest BCUT2D eigenvalue weighted by Crippen LogP contribution is 2.29. The maximum atomic E-state index is 11.7. The Kier molecular flexibility index (Phi) is 5.16. The molecular formula is C13H25NOS. The highest BCUT2D eigenvalue weighted by atomic mass is 32.2. The van der Waals surface area contributed by atoms with Crippen LogP contribution in [0, 0.1) is 11.8 Å². The third-order valence-corrected chi connectivity index (χ3v) is 4.66. The number of hydrogen-bond acceptors (Lipinski definition) is 1. The van der Waals surface area contributed by atoms with Crippen molar-refractivity contribution in [1.29, 1.82) is 0 Å². The number of rotatable bonds is 3. The van der Waals surface area contributed by atoms with E-state index < -0.39 is 11.0 Å². The van der Waals surface area contributed by atoms with Gasteiger partial charge < -0.3 is 0 Å². The van der Waals surface area contributed by atoms with E-state index in [1.807, 2.05) is 27.0 Å². The van der Waals surface area contributed by atoms with Crippen LogP contribution in [-0.4, -0.2) is 15.2 Å². The molecule has 16 heavy (non-hydrogen) atoms. The lowest BCUT2D eigenvalue weighted by Crippen LogP contribution is -2.20. The van der Waals surface area contributed by atoms with E-state index in [1.54, 1.807) is 0 Å².